The molecule has 0 spiro atoms. The van der Waals surface area contributed by atoms with Gasteiger partial charge in [-0.1, -0.05) is 27.7 Å². The van der Waals surface area contributed by atoms with Crippen LogP contribution < -0.4 is 10.4 Å². The van der Waals surface area contributed by atoms with Crippen molar-refractivity contribution < 1.29 is 52.4 Å². The summed E-state index contributed by atoms with van der Waals surface area (Å²) in [6.45, 7) is 15.7. The van der Waals surface area contributed by atoms with E-state index >= 15 is 0 Å². The molecule has 2 aliphatic carbocycles. The lowest BCUT2D eigenvalue weighted by Gasteiger charge is -2.46. The fourth-order valence-electron chi connectivity index (χ4n) is 8.87. The predicted molar refractivity (Wildman–Crippen MR) is 162 cm³/mol. The van der Waals surface area contributed by atoms with Crippen LogP contribution in [0.1, 0.15) is 98.3 Å². The van der Waals surface area contributed by atoms with Gasteiger partial charge in [0.1, 0.15) is 17.1 Å². The number of hydrogen-bond acceptors (Lipinski definition) is 12. The summed E-state index contributed by atoms with van der Waals surface area (Å²) in [6, 6.07) is 2.55. The van der Waals surface area contributed by atoms with Crippen molar-refractivity contribution in [2.24, 2.45) is 21.7 Å². The Balaban J connectivity index is 1.39. The van der Waals surface area contributed by atoms with Crippen LogP contribution in [0, 0.1) is 28.6 Å². The molecule has 0 amide bonds. The Labute approximate surface area is 271 Å². The monoisotopic (exact) mass is 652 g/mol. The molecule has 7 rings (SSSR count). The summed E-state index contributed by atoms with van der Waals surface area (Å²) >= 11 is 0. The van der Waals surface area contributed by atoms with Crippen molar-refractivity contribution in [2.75, 3.05) is 0 Å². The molecule has 47 heavy (non-hydrogen) atoms. The van der Waals surface area contributed by atoms with E-state index in [4.69, 9.17) is 28.1 Å². The van der Waals surface area contributed by atoms with Crippen LogP contribution in [0.5, 0.6) is 11.5 Å². The molecule has 4 heterocycles. The van der Waals surface area contributed by atoms with E-state index in [-0.39, 0.29) is 40.9 Å². The third kappa shape index (κ3) is 3.46. The van der Waals surface area contributed by atoms with Crippen LogP contribution in [0.2, 0.25) is 0 Å². The molecule has 5 aliphatic rings. The zero-order valence-corrected chi connectivity index (χ0v) is 28.1. The molecule has 0 radical (unpaired) electrons. The highest BCUT2D eigenvalue weighted by atomic mass is 16.7. The zero-order valence-electron chi connectivity index (χ0n) is 28.1. The zero-order chi connectivity index (χ0) is 34.5. The Morgan fingerprint density at radius 2 is 1.28 bits per heavy atom. The van der Waals surface area contributed by atoms with Gasteiger partial charge in [0, 0.05) is 10.8 Å². The molecule has 6 atom stereocenters. The Kier molecular flexibility index (Phi) is 5.95. The fraction of sp³-hybridized carbons (Fsp3) is 0.629. The molecule has 4 fully saturated rings. The second kappa shape index (κ2) is 8.87. The number of rotatable bonds is 4. The molecule has 3 aliphatic heterocycles. The van der Waals surface area contributed by atoms with E-state index in [9.17, 15) is 29.1 Å². The molecule has 1 aromatic carbocycles. The summed E-state index contributed by atoms with van der Waals surface area (Å²) in [6.07, 6.45) is -1.61. The highest BCUT2D eigenvalue weighted by molar-refractivity contribution is 5.96. The lowest BCUT2D eigenvalue weighted by Crippen LogP contribution is -2.57. The third-order valence-corrected chi connectivity index (χ3v) is 13.1. The van der Waals surface area contributed by atoms with Crippen LogP contribution in [0.25, 0.3) is 11.0 Å². The van der Waals surface area contributed by atoms with E-state index in [2.05, 4.69) is 0 Å². The minimum Gasteiger partial charge on any atom is -0.507 e. The first kappa shape index (κ1) is 31.5. The number of esters is 4. The Hall–Kier alpha value is -4.09. The van der Waals surface area contributed by atoms with Crippen LogP contribution in [-0.4, -0.2) is 51.9 Å². The minimum absolute atomic E-state index is 0.0554. The van der Waals surface area contributed by atoms with Gasteiger partial charge in [-0.2, -0.15) is 0 Å². The van der Waals surface area contributed by atoms with Gasteiger partial charge in [0.2, 0.25) is 11.2 Å². The predicted octanol–water partition coefficient (Wildman–Crippen LogP) is 4.72. The van der Waals surface area contributed by atoms with Crippen LogP contribution in [0.4, 0.5) is 0 Å². The van der Waals surface area contributed by atoms with Crippen molar-refractivity contribution in [1.29, 1.82) is 0 Å². The van der Waals surface area contributed by atoms with E-state index in [1.807, 2.05) is 0 Å². The molecule has 1 N–H and O–H groups in total. The molecule has 2 aromatic rings. The van der Waals surface area contributed by atoms with Gasteiger partial charge >= 0.3 is 29.5 Å². The van der Waals surface area contributed by atoms with Gasteiger partial charge < -0.3 is 33.2 Å². The van der Waals surface area contributed by atoms with Crippen molar-refractivity contribution >= 4 is 34.8 Å². The smallest absolute Gasteiger partial charge is 0.351 e. The molecule has 252 valence electrons. The minimum atomic E-state index is -1.64. The highest BCUT2D eigenvalue weighted by Crippen LogP contribution is 2.67. The molecular weight excluding hydrogens is 612 g/mol. The first-order valence-corrected chi connectivity index (χ1v) is 16.0. The third-order valence-electron chi connectivity index (χ3n) is 13.1. The SMILES string of the molecule is Cc1cc2c(c3oc(=O)cc(O)c13)[C@@H](OC(=O)C13CCC(C)(C(=O)O1)C3(C)C)[C@@H](OC(=O)C13CCC(C)(C(=O)O1)C3(C)C)C(C)(C)O2. The van der Waals surface area contributed by atoms with Crippen LogP contribution >= 0.6 is 0 Å². The summed E-state index contributed by atoms with van der Waals surface area (Å²) in [5, 5.41) is 11.0. The maximum Gasteiger partial charge on any atom is 0.351 e. The molecule has 1 aromatic heterocycles. The molecule has 2 saturated heterocycles. The van der Waals surface area contributed by atoms with Crippen molar-refractivity contribution in [2.45, 2.75) is 117 Å². The Bertz CT molecular complexity index is 1880. The number of fused-ring (bicyclic) bond motifs is 7. The van der Waals surface area contributed by atoms with E-state index < -0.39 is 80.2 Å². The maximum atomic E-state index is 14.5. The second-order valence-electron chi connectivity index (χ2n) is 16.0. The quantitative estimate of drug-likeness (QED) is 0.275. The van der Waals surface area contributed by atoms with Crippen molar-refractivity contribution in [1.82, 2.24) is 0 Å². The largest absolute Gasteiger partial charge is 0.507 e. The van der Waals surface area contributed by atoms with Gasteiger partial charge in [0.05, 0.1) is 27.8 Å². The summed E-state index contributed by atoms with van der Waals surface area (Å²) < 4.78 is 36.3. The Morgan fingerprint density at radius 3 is 1.74 bits per heavy atom. The summed E-state index contributed by atoms with van der Waals surface area (Å²) in [5.41, 5.74) is -8.78. The lowest BCUT2D eigenvalue weighted by atomic mass is 9.66. The number of aromatic hydroxyl groups is 1. The molecule has 12 heteroatoms. The van der Waals surface area contributed by atoms with Crippen LogP contribution in [0.15, 0.2) is 21.3 Å². The number of carbonyl (C=O) groups is 4. The number of hydrogen-bond donors (Lipinski definition) is 1. The first-order valence-electron chi connectivity index (χ1n) is 16.0. The molecular formula is C35H40O12. The van der Waals surface area contributed by atoms with E-state index in [1.54, 1.807) is 68.4 Å². The van der Waals surface area contributed by atoms with Crippen LogP contribution in [0.3, 0.4) is 0 Å². The van der Waals surface area contributed by atoms with Crippen molar-refractivity contribution in [3.63, 3.8) is 0 Å². The number of ether oxygens (including phenoxy) is 5. The summed E-state index contributed by atoms with van der Waals surface area (Å²) in [7, 11) is 0. The van der Waals surface area contributed by atoms with Crippen LogP contribution in [-0.2, 0) is 38.1 Å². The second-order valence-corrected chi connectivity index (χ2v) is 16.0. The van der Waals surface area contributed by atoms with Crippen molar-refractivity contribution in [3.05, 3.63) is 33.7 Å². The van der Waals surface area contributed by atoms with Gasteiger partial charge in [-0.15, -0.1) is 0 Å². The maximum absolute atomic E-state index is 14.5. The average molecular weight is 653 g/mol. The van der Waals surface area contributed by atoms with Gasteiger partial charge in [-0.05, 0) is 71.9 Å². The number of carbonyl (C=O) groups excluding carboxylic acids is 4. The number of benzene rings is 1. The molecule has 4 unspecified atom stereocenters. The van der Waals surface area contributed by atoms with E-state index in [1.165, 1.54) is 0 Å². The van der Waals surface area contributed by atoms with E-state index in [0.717, 1.165) is 6.07 Å². The standard InChI is InChI=1S/C35H40O12/c1-16-14-18-21(22-20(16)17(36)15-19(37)42-22)23(43-27(40)34-12-10-32(8,25(38)46-34)30(34,4)5)24(29(2,3)45-18)44-28(41)35-13-11-33(9,26(39)47-35)31(35,6)7/h14-15,23-24,36H,10-13H2,1-9H3/t23-,24-,32?,33?,34?,35?/m1/s1. The van der Waals surface area contributed by atoms with Gasteiger partial charge in [0.15, 0.2) is 17.8 Å². The summed E-state index contributed by atoms with van der Waals surface area (Å²) in [4.78, 5) is 67.5. The molecule has 4 bridgehead atoms. The van der Waals surface area contributed by atoms with Crippen molar-refractivity contribution in [3.8, 4) is 11.5 Å². The van der Waals surface area contributed by atoms with Gasteiger partial charge in [-0.3, -0.25) is 9.59 Å². The number of aryl methyl sites for hydroxylation is 1. The molecule has 12 nitrogen and oxygen atoms in total. The average Bonchev–Trinajstić information content (AvgIpc) is 3.42. The van der Waals surface area contributed by atoms with E-state index in [0.29, 0.717) is 18.4 Å². The topological polar surface area (TPSA) is 165 Å². The summed E-state index contributed by atoms with van der Waals surface area (Å²) in [5.74, 6) is -2.88. The highest BCUT2D eigenvalue weighted by Gasteiger charge is 2.78. The normalized spacial score (nSPS) is 36.8. The Morgan fingerprint density at radius 1 is 0.766 bits per heavy atom. The molecule has 2 saturated carbocycles. The lowest BCUT2D eigenvalue weighted by molar-refractivity contribution is -0.217. The first-order chi connectivity index (χ1) is 21.6. The fourth-order valence-corrected chi connectivity index (χ4v) is 8.87. The van der Waals surface area contributed by atoms with Gasteiger partial charge in [0.25, 0.3) is 0 Å². The van der Waals surface area contributed by atoms with Gasteiger partial charge in [-0.25, -0.2) is 14.4 Å².